The lowest BCUT2D eigenvalue weighted by molar-refractivity contribution is 1.04. The average Bonchev–Trinajstić information content (AvgIpc) is 3.10. The molecule has 1 aromatic heterocycles. The van der Waals surface area contributed by atoms with Crippen molar-refractivity contribution in [2.75, 3.05) is 6.54 Å². The molecule has 1 unspecified atom stereocenters. The van der Waals surface area contributed by atoms with Gasteiger partial charge in [-0.1, -0.05) is 17.7 Å². The van der Waals surface area contributed by atoms with Gasteiger partial charge in [0.25, 0.3) is 0 Å². The molecule has 1 aliphatic heterocycles. The third-order valence-electron chi connectivity index (χ3n) is 4.06. The second kappa shape index (κ2) is 6.53. The Morgan fingerprint density at radius 2 is 2.17 bits per heavy atom. The summed E-state index contributed by atoms with van der Waals surface area (Å²) in [4.78, 5) is 6.36. The van der Waals surface area contributed by atoms with Crippen LogP contribution >= 0.6 is 34.5 Å². The number of hydrogen-bond acceptors (Lipinski definition) is 4. The fraction of sp³-hybridized carbons (Fsp3) is 0.312. The molecule has 0 amide bonds. The second-order valence-electron chi connectivity index (χ2n) is 5.49. The van der Waals surface area contributed by atoms with E-state index in [-0.39, 0.29) is 12.1 Å². The van der Waals surface area contributed by atoms with Gasteiger partial charge < -0.3 is 0 Å². The summed E-state index contributed by atoms with van der Waals surface area (Å²) in [6.45, 7) is 2.36. The predicted molar refractivity (Wildman–Crippen MR) is 97.5 cm³/mol. The molecule has 2 heterocycles. The zero-order valence-electron chi connectivity index (χ0n) is 12.4. The fourth-order valence-electron chi connectivity index (χ4n) is 2.93. The van der Waals surface area contributed by atoms with E-state index in [4.69, 9.17) is 23.2 Å². The Balaban J connectivity index is 2.21. The number of hydrogen-bond donors (Lipinski definition) is 0. The molecule has 3 nitrogen and oxygen atoms in total. The van der Waals surface area contributed by atoms with Crippen molar-refractivity contribution < 1.29 is 0 Å². The minimum Gasteiger partial charge on any atom is -0.297 e. The molecule has 1 aromatic rings. The van der Waals surface area contributed by atoms with E-state index in [1.165, 1.54) is 11.3 Å². The molecule has 23 heavy (non-hydrogen) atoms. The second-order valence-corrected chi connectivity index (χ2v) is 7.73. The van der Waals surface area contributed by atoms with Crippen LogP contribution in [0.5, 0.6) is 0 Å². The lowest BCUT2D eigenvalue weighted by Crippen LogP contribution is -2.21. The number of aryl methyl sites for hydroxylation is 1. The van der Waals surface area contributed by atoms with Crippen LogP contribution in [0.25, 0.3) is 5.57 Å². The summed E-state index contributed by atoms with van der Waals surface area (Å²) in [5.41, 5.74) is 3.14. The number of nitriles is 2. The Hall–Kier alpha value is -1.53. The highest BCUT2D eigenvalue weighted by molar-refractivity contribution is 7.19. The van der Waals surface area contributed by atoms with Crippen LogP contribution < -0.4 is 0 Å². The zero-order chi connectivity index (χ0) is 16.6. The van der Waals surface area contributed by atoms with Crippen LogP contribution in [0.4, 0.5) is 0 Å². The Bertz CT molecular complexity index is 839. The molecule has 1 atom stereocenters. The first-order valence-electron chi connectivity index (χ1n) is 7.25. The molecule has 0 saturated carbocycles. The van der Waals surface area contributed by atoms with Crippen LogP contribution in [-0.2, 0) is 0 Å². The molecule has 0 radical (unpaired) electrons. The van der Waals surface area contributed by atoms with E-state index in [0.717, 1.165) is 32.8 Å². The Kier molecular flexibility index (Phi) is 4.64. The first-order chi connectivity index (χ1) is 11.1. The van der Waals surface area contributed by atoms with Gasteiger partial charge in [-0.05, 0) is 24.9 Å². The molecule has 1 aliphatic carbocycles. The van der Waals surface area contributed by atoms with E-state index in [1.54, 1.807) is 0 Å². The summed E-state index contributed by atoms with van der Waals surface area (Å²) >= 11 is 14.1. The third kappa shape index (κ3) is 2.86. The van der Waals surface area contributed by atoms with Gasteiger partial charge in [0.1, 0.15) is 6.07 Å². The van der Waals surface area contributed by atoms with E-state index >= 15 is 0 Å². The van der Waals surface area contributed by atoms with Gasteiger partial charge in [0.05, 0.1) is 10.9 Å². The van der Waals surface area contributed by atoms with Gasteiger partial charge in [-0.3, -0.25) is 4.99 Å². The fourth-order valence-corrected chi connectivity index (χ4v) is 4.76. The van der Waals surface area contributed by atoms with Gasteiger partial charge in [0.2, 0.25) is 0 Å². The molecule has 0 spiro atoms. The molecule has 0 saturated heterocycles. The molecule has 0 fully saturated rings. The van der Waals surface area contributed by atoms with Crippen molar-refractivity contribution in [2.45, 2.75) is 25.0 Å². The first-order valence-corrected chi connectivity index (χ1v) is 8.88. The van der Waals surface area contributed by atoms with Gasteiger partial charge in [-0.2, -0.15) is 5.26 Å². The third-order valence-corrected chi connectivity index (χ3v) is 5.86. The van der Waals surface area contributed by atoms with E-state index in [0.29, 0.717) is 23.6 Å². The lowest BCUT2D eigenvalue weighted by Gasteiger charge is -2.19. The highest BCUT2D eigenvalue weighted by atomic mass is 35.5. The zero-order valence-corrected chi connectivity index (χ0v) is 14.8. The average molecular weight is 360 g/mol. The van der Waals surface area contributed by atoms with Crippen molar-refractivity contribution >= 4 is 52.4 Å². The lowest BCUT2D eigenvalue weighted by atomic mass is 9.46. The van der Waals surface area contributed by atoms with E-state index in [1.807, 2.05) is 19.1 Å². The van der Waals surface area contributed by atoms with E-state index in [9.17, 15) is 10.5 Å². The van der Waals surface area contributed by atoms with Gasteiger partial charge in [-0.25, -0.2) is 5.26 Å². The summed E-state index contributed by atoms with van der Waals surface area (Å²) in [6, 6.07) is 2.29. The van der Waals surface area contributed by atoms with Crippen molar-refractivity contribution in [3.05, 3.63) is 38.1 Å². The number of rotatable bonds is 2. The number of allylic oxidation sites excluding steroid dienone is 4. The molecule has 2 aliphatic rings. The predicted octanol–water partition coefficient (Wildman–Crippen LogP) is 4.34. The van der Waals surface area contributed by atoms with Gasteiger partial charge >= 0.3 is 6.71 Å². The van der Waals surface area contributed by atoms with Crippen LogP contribution in [0.1, 0.15) is 27.3 Å². The number of halogens is 2. The minimum absolute atomic E-state index is 0.213. The van der Waals surface area contributed by atoms with Crippen LogP contribution in [0, 0.1) is 29.5 Å². The monoisotopic (exact) mass is 359 g/mol. The highest BCUT2D eigenvalue weighted by Crippen LogP contribution is 2.41. The van der Waals surface area contributed by atoms with E-state index < -0.39 is 0 Å². The molecule has 0 bridgehead atoms. The van der Waals surface area contributed by atoms with Crippen molar-refractivity contribution in [1.82, 2.24) is 0 Å². The Morgan fingerprint density at radius 1 is 1.39 bits per heavy atom. The maximum Gasteiger partial charge on any atom is 0.325 e. The van der Waals surface area contributed by atoms with Crippen LogP contribution in [0.2, 0.25) is 6.32 Å². The quantitative estimate of drug-likeness (QED) is 0.582. The molecule has 7 heteroatoms. The van der Waals surface area contributed by atoms with Crippen molar-refractivity contribution in [1.29, 1.82) is 10.5 Å². The van der Waals surface area contributed by atoms with Crippen LogP contribution in [-0.4, -0.2) is 24.2 Å². The number of nitrogens with zero attached hydrogens (tertiary/aromatic N) is 3. The van der Waals surface area contributed by atoms with Gasteiger partial charge in [-0.15, -0.1) is 22.9 Å². The summed E-state index contributed by atoms with van der Waals surface area (Å²) in [7, 11) is 0. The maximum atomic E-state index is 9.59. The molecular formula is C16H12BCl2N3S. The van der Waals surface area contributed by atoms with E-state index in [2.05, 4.69) is 17.0 Å². The van der Waals surface area contributed by atoms with Crippen molar-refractivity contribution in [3.8, 4) is 12.0 Å². The normalized spacial score (nSPS) is 20.5. The summed E-state index contributed by atoms with van der Waals surface area (Å²) in [5, 5.41) is 19.4. The largest absolute Gasteiger partial charge is 0.325 e. The Morgan fingerprint density at radius 3 is 2.83 bits per heavy atom. The van der Waals surface area contributed by atoms with Crippen LogP contribution in [0.15, 0.2) is 22.2 Å². The number of thiophene rings is 1. The smallest absolute Gasteiger partial charge is 0.297 e. The van der Waals surface area contributed by atoms with Gasteiger partial charge in [0.15, 0.2) is 0 Å². The molecular weight excluding hydrogens is 348 g/mol. The highest BCUT2D eigenvalue weighted by Gasteiger charge is 2.34. The topological polar surface area (TPSA) is 59.9 Å². The summed E-state index contributed by atoms with van der Waals surface area (Å²) in [6.07, 6.45) is 4.99. The molecule has 0 N–H and O–H groups in total. The standard InChI is InChI=1S/C16H12BCl2N3S/c1-9-12(7-20)14(11-3-2-10(18)6-13(11)19)15(23-9)16-17(8-21)4-5-22-16/h2-3,13H,4-6H2,1H3. The van der Waals surface area contributed by atoms with Crippen molar-refractivity contribution in [3.63, 3.8) is 0 Å². The summed E-state index contributed by atoms with van der Waals surface area (Å²) < 4.78 is 0. The SMILES string of the molecule is Cc1sc(C2=NCCB2C#N)c(C2=CC=C(Cl)CC2Cl)c1C#N. The van der Waals surface area contributed by atoms with Crippen LogP contribution in [0.3, 0.4) is 0 Å². The van der Waals surface area contributed by atoms with Crippen molar-refractivity contribution in [2.24, 2.45) is 4.99 Å². The van der Waals surface area contributed by atoms with Gasteiger partial charge in [0, 0.05) is 44.9 Å². The first kappa shape index (κ1) is 16.3. The maximum absolute atomic E-state index is 9.59. The molecule has 0 aromatic carbocycles. The number of aliphatic imine (C=N–C) groups is 1. The molecule has 114 valence electrons. The number of alkyl halides is 1. The Labute approximate surface area is 149 Å². The minimum atomic E-state index is -0.283. The molecule has 3 rings (SSSR count). The summed E-state index contributed by atoms with van der Waals surface area (Å²) in [5.74, 6) is 2.32.